The van der Waals surface area contributed by atoms with Crippen molar-refractivity contribution in [3.63, 3.8) is 0 Å². The van der Waals surface area contributed by atoms with Gasteiger partial charge in [-0.05, 0) is 42.0 Å². The minimum absolute atomic E-state index is 0.309. The Morgan fingerprint density at radius 1 is 1.15 bits per heavy atom. The number of hydrogen-bond donors (Lipinski definition) is 1. The van der Waals surface area contributed by atoms with E-state index < -0.39 is 0 Å². The molecule has 3 nitrogen and oxygen atoms in total. The average molecular weight is 332 g/mol. The molecule has 0 bridgehead atoms. The quantitative estimate of drug-likeness (QED) is 0.780. The van der Waals surface area contributed by atoms with Crippen molar-refractivity contribution in [2.24, 2.45) is 5.73 Å². The molecule has 0 aliphatic carbocycles. The van der Waals surface area contributed by atoms with Gasteiger partial charge in [0.1, 0.15) is 17.1 Å². The minimum atomic E-state index is -0.309. The Balaban J connectivity index is 2.00. The average Bonchev–Trinajstić information content (AvgIpc) is 2.89. The molecule has 0 saturated carbocycles. The number of ether oxygens (including phenoxy) is 1. The Hall–Kier alpha value is -1.78. The molecule has 0 amide bonds. The van der Waals surface area contributed by atoms with Crippen LogP contribution >= 0.6 is 15.9 Å². The zero-order valence-electron chi connectivity index (χ0n) is 11.0. The molecule has 3 rings (SSSR count). The van der Waals surface area contributed by atoms with E-state index in [4.69, 9.17) is 14.9 Å². The molecule has 2 N–H and O–H groups in total. The van der Waals surface area contributed by atoms with E-state index in [1.807, 2.05) is 48.5 Å². The number of benzene rings is 2. The van der Waals surface area contributed by atoms with Gasteiger partial charge in [-0.1, -0.05) is 28.1 Å². The summed E-state index contributed by atoms with van der Waals surface area (Å²) in [7, 11) is 1.64. The summed E-state index contributed by atoms with van der Waals surface area (Å²) in [5.74, 6) is 1.53. The fraction of sp³-hybridized carbons (Fsp3) is 0.125. The molecule has 0 aliphatic rings. The Morgan fingerprint density at radius 2 is 2.00 bits per heavy atom. The van der Waals surface area contributed by atoms with Gasteiger partial charge < -0.3 is 14.9 Å². The first-order valence-corrected chi connectivity index (χ1v) is 7.05. The van der Waals surface area contributed by atoms with E-state index in [1.165, 1.54) is 0 Å². The van der Waals surface area contributed by atoms with Crippen molar-refractivity contribution < 1.29 is 9.15 Å². The van der Waals surface area contributed by atoms with Gasteiger partial charge in [0.05, 0.1) is 13.2 Å². The largest absolute Gasteiger partial charge is 0.497 e. The van der Waals surface area contributed by atoms with Crippen molar-refractivity contribution in [1.82, 2.24) is 0 Å². The standard InChI is InChI=1S/C16H14BrNO2/c1-19-13-4-2-3-10(8-13)16(18)15-9-11-7-12(17)5-6-14(11)20-15/h2-9,16H,18H2,1H3. The molecule has 0 aliphatic heterocycles. The highest BCUT2D eigenvalue weighted by Crippen LogP contribution is 2.29. The second kappa shape index (κ2) is 5.31. The maximum Gasteiger partial charge on any atom is 0.134 e. The molecular weight excluding hydrogens is 318 g/mol. The van der Waals surface area contributed by atoms with Crippen LogP contribution in [0.1, 0.15) is 17.4 Å². The Kier molecular flexibility index (Phi) is 3.51. The lowest BCUT2D eigenvalue weighted by Crippen LogP contribution is -2.10. The molecule has 1 unspecified atom stereocenters. The van der Waals surface area contributed by atoms with Crippen molar-refractivity contribution in [2.45, 2.75) is 6.04 Å². The summed E-state index contributed by atoms with van der Waals surface area (Å²) in [6.07, 6.45) is 0. The van der Waals surface area contributed by atoms with Gasteiger partial charge in [-0.15, -0.1) is 0 Å². The van der Waals surface area contributed by atoms with E-state index in [0.717, 1.165) is 32.5 Å². The molecule has 3 aromatic rings. The summed E-state index contributed by atoms with van der Waals surface area (Å²) < 4.78 is 12.1. The van der Waals surface area contributed by atoms with Crippen molar-refractivity contribution >= 4 is 26.9 Å². The second-order valence-electron chi connectivity index (χ2n) is 4.59. The van der Waals surface area contributed by atoms with E-state index in [2.05, 4.69) is 15.9 Å². The van der Waals surface area contributed by atoms with Gasteiger partial charge in [0.2, 0.25) is 0 Å². The second-order valence-corrected chi connectivity index (χ2v) is 5.50. The monoisotopic (exact) mass is 331 g/mol. The molecule has 1 aromatic heterocycles. The van der Waals surface area contributed by atoms with Gasteiger partial charge in [-0.3, -0.25) is 0 Å². The van der Waals surface area contributed by atoms with Crippen LogP contribution in [0.2, 0.25) is 0 Å². The van der Waals surface area contributed by atoms with Gasteiger partial charge in [0.25, 0.3) is 0 Å². The van der Waals surface area contributed by atoms with E-state index in [-0.39, 0.29) is 6.04 Å². The lowest BCUT2D eigenvalue weighted by Gasteiger charge is -2.10. The fourth-order valence-electron chi connectivity index (χ4n) is 2.19. The van der Waals surface area contributed by atoms with Gasteiger partial charge >= 0.3 is 0 Å². The first-order chi connectivity index (χ1) is 9.67. The van der Waals surface area contributed by atoms with Crippen LogP contribution in [0, 0.1) is 0 Å². The van der Waals surface area contributed by atoms with E-state index in [0.29, 0.717) is 0 Å². The first-order valence-electron chi connectivity index (χ1n) is 6.26. The number of hydrogen-bond acceptors (Lipinski definition) is 3. The number of fused-ring (bicyclic) bond motifs is 1. The number of rotatable bonds is 3. The zero-order chi connectivity index (χ0) is 14.1. The van der Waals surface area contributed by atoms with Crippen molar-refractivity contribution in [3.8, 4) is 5.75 Å². The number of furan rings is 1. The predicted molar refractivity (Wildman–Crippen MR) is 82.9 cm³/mol. The molecule has 1 atom stereocenters. The van der Waals surface area contributed by atoms with Crippen LogP contribution in [0.3, 0.4) is 0 Å². The molecule has 0 radical (unpaired) electrons. The van der Waals surface area contributed by atoms with E-state index in [9.17, 15) is 0 Å². The molecule has 2 aromatic carbocycles. The molecule has 0 fully saturated rings. The SMILES string of the molecule is COc1cccc(C(N)c2cc3cc(Br)ccc3o2)c1. The summed E-state index contributed by atoms with van der Waals surface area (Å²) in [6.45, 7) is 0. The smallest absolute Gasteiger partial charge is 0.134 e. The molecule has 0 saturated heterocycles. The van der Waals surface area contributed by atoms with Crippen molar-refractivity contribution in [3.05, 3.63) is 64.3 Å². The predicted octanol–water partition coefficient (Wildman–Crippen LogP) is 4.25. The normalized spacial score (nSPS) is 12.6. The third kappa shape index (κ3) is 2.44. The maximum absolute atomic E-state index is 6.28. The van der Waals surface area contributed by atoms with E-state index in [1.54, 1.807) is 7.11 Å². The van der Waals surface area contributed by atoms with Crippen LogP contribution in [0.15, 0.2) is 57.4 Å². The summed E-state index contributed by atoms with van der Waals surface area (Å²) >= 11 is 3.45. The van der Waals surface area contributed by atoms with Gasteiger partial charge in [-0.2, -0.15) is 0 Å². The highest BCUT2D eigenvalue weighted by molar-refractivity contribution is 9.10. The van der Waals surface area contributed by atoms with Crippen molar-refractivity contribution in [2.75, 3.05) is 7.11 Å². The third-order valence-corrected chi connectivity index (χ3v) is 3.75. The van der Waals surface area contributed by atoms with Gasteiger partial charge in [0, 0.05) is 9.86 Å². The summed E-state index contributed by atoms with van der Waals surface area (Å²) in [5.41, 5.74) is 8.08. The molecule has 0 spiro atoms. The lowest BCUT2D eigenvalue weighted by molar-refractivity contribution is 0.413. The number of methoxy groups -OCH3 is 1. The highest BCUT2D eigenvalue weighted by Gasteiger charge is 2.15. The summed E-state index contributed by atoms with van der Waals surface area (Å²) in [5, 5.41) is 1.03. The Bertz CT molecular complexity index is 751. The van der Waals surface area contributed by atoms with Crippen LogP contribution in [0.4, 0.5) is 0 Å². The maximum atomic E-state index is 6.28. The zero-order valence-corrected chi connectivity index (χ0v) is 12.6. The molecule has 1 heterocycles. The Labute approximate surface area is 125 Å². The van der Waals surface area contributed by atoms with E-state index >= 15 is 0 Å². The van der Waals surface area contributed by atoms with Crippen LogP contribution in [0.25, 0.3) is 11.0 Å². The van der Waals surface area contributed by atoms with Gasteiger partial charge in [-0.25, -0.2) is 0 Å². The minimum Gasteiger partial charge on any atom is -0.497 e. The van der Waals surface area contributed by atoms with Crippen LogP contribution in [-0.2, 0) is 0 Å². The van der Waals surface area contributed by atoms with Crippen LogP contribution in [-0.4, -0.2) is 7.11 Å². The van der Waals surface area contributed by atoms with Crippen molar-refractivity contribution in [1.29, 1.82) is 0 Å². The summed E-state index contributed by atoms with van der Waals surface area (Å²) in [6, 6.07) is 15.3. The van der Waals surface area contributed by atoms with Crippen LogP contribution in [0.5, 0.6) is 5.75 Å². The topological polar surface area (TPSA) is 48.4 Å². The third-order valence-electron chi connectivity index (χ3n) is 3.26. The van der Waals surface area contributed by atoms with Gasteiger partial charge in [0.15, 0.2) is 0 Å². The summed E-state index contributed by atoms with van der Waals surface area (Å²) in [4.78, 5) is 0. The Morgan fingerprint density at radius 3 is 2.80 bits per heavy atom. The van der Waals surface area contributed by atoms with Crippen LogP contribution < -0.4 is 10.5 Å². The fourth-order valence-corrected chi connectivity index (χ4v) is 2.57. The molecular formula is C16H14BrNO2. The number of nitrogens with two attached hydrogens (primary N) is 1. The molecule has 20 heavy (non-hydrogen) atoms. The molecule has 102 valence electrons. The first kappa shape index (κ1) is 13.2. The molecule has 4 heteroatoms. The number of halogens is 1. The lowest BCUT2D eigenvalue weighted by atomic mass is 10.0. The highest BCUT2D eigenvalue weighted by atomic mass is 79.9.